The molecule has 0 aliphatic rings. The lowest BCUT2D eigenvalue weighted by molar-refractivity contribution is -0.130. The summed E-state index contributed by atoms with van der Waals surface area (Å²) in [6, 6.07) is 12.1. The number of esters is 2. The van der Waals surface area contributed by atoms with Crippen molar-refractivity contribution in [1.29, 1.82) is 0 Å². The summed E-state index contributed by atoms with van der Waals surface area (Å²) < 4.78 is 15.8. The third-order valence-electron chi connectivity index (χ3n) is 3.46. The van der Waals surface area contributed by atoms with Gasteiger partial charge in [-0.25, -0.2) is 9.59 Å². The van der Waals surface area contributed by atoms with E-state index in [0.29, 0.717) is 28.4 Å². The second kappa shape index (κ2) is 9.38. The fourth-order valence-electron chi connectivity index (χ4n) is 2.06. The Kier molecular flexibility index (Phi) is 7.54. The van der Waals surface area contributed by atoms with E-state index in [1.807, 2.05) is 0 Å². The molecule has 27 heavy (non-hydrogen) atoms. The van der Waals surface area contributed by atoms with E-state index in [1.165, 1.54) is 7.11 Å². The molecule has 5 heteroatoms. The van der Waals surface area contributed by atoms with Crippen molar-refractivity contribution < 1.29 is 23.8 Å². The average Bonchev–Trinajstić information content (AvgIpc) is 2.62. The van der Waals surface area contributed by atoms with Crippen molar-refractivity contribution >= 4 is 11.9 Å². The van der Waals surface area contributed by atoms with Crippen molar-refractivity contribution in [2.75, 3.05) is 7.11 Å². The zero-order chi connectivity index (χ0) is 19.3. The van der Waals surface area contributed by atoms with Crippen LogP contribution in [0.15, 0.2) is 66.8 Å². The maximum Gasteiger partial charge on any atom is 0.338 e. The van der Waals surface area contributed by atoms with Gasteiger partial charge in [-0.15, -0.1) is 0 Å². The summed E-state index contributed by atoms with van der Waals surface area (Å²) in [6.07, 6.45) is 0. The van der Waals surface area contributed by atoms with E-state index in [0.717, 1.165) is 11.1 Å². The van der Waals surface area contributed by atoms with Crippen LogP contribution in [0.2, 0.25) is 0 Å². The zero-order valence-corrected chi connectivity index (χ0v) is 15.0. The molecular weight excluding hydrogens is 344 g/mol. The van der Waals surface area contributed by atoms with Crippen molar-refractivity contribution in [3.05, 3.63) is 66.8 Å². The first-order valence-electron chi connectivity index (χ1n) is 7.85. The predicted molar refractivity (Wildman–Crippen MR) is 106 cm³/mol. The Morgan fingerprint density at radius 2 is 1.30 bits per heavy atom. The molecule has 0 aliphatic heterocycles. The quantitative estimate of drug-likeness (QED) is 0.410. The van der Waals surface area contributed by atoms with Crippen molar-refractivity contribution in [2.24, 2.45) is 0 Å². The molecule has 5 nitrogen and oxygen atoms in total. The summed E-state index contributed by atoms with van der Waals surface area (Å²) in [5.41, 5.74) is 2.30. The van der Waals surface area contributed by atoms with E-state index in [4.69, 9.17) is 14.2 Å². The van der Waals surface area contributed by atoms with Crippen molar-refractivity contribution in [2.45, 2.75) is 21.3 Å². The highest BCUT2D eigenvalue weighted by Crippen LogP contribution is 2.34. The van der Waals surface area contributed by atoms with E-state index in [1.54, 1.807) is 56.3 Å². The number of ether oxygens (including phenoxy) is 3. The molecule has 142 valence electrons. The highest BCUT2D eigenvalue weighted by Gasteiger charge is 2.12. The van der Waals surface area contributed by atoms with E-state index in [2.05, 4.69) is 13.2 Å². The standard InChI is InChI=1S/C21H20O5.CH4/c1-13(2)20(22)25-16-8-6-15(7-9-16)18-11-10-17(12-19(18)24-5)26-21(23)14(3)4;/h6-12H,1,3H2,2,4-5H3;1H4. The van der Waals surface area contributed by atoms with Gasteiger partial charge in [-0.2, -0.15) is 0 Å². The van der Waals surface area contributed by atoms with Gasteiger partial charge in [0.1, 0.15) is 17.2 Å². The molecule has 0 bridgehead atoms. The van der Waals surface area contributed by atoms with Crippen LogP contribution in [0.3, 0.4) is 0 Å². The molecule has 2 rings (SSSR count). The van der Waals surface area contributed by atoms with Crippen molar-refractivity contribution in [3.8, 4) is 28.4 Å². The molecule has 0 aliphatic carbocycles. The average molecular weight is 368 g/mol. The molecular formula is C22H24O5. The van der Waals surface area contributed by atoms with Crippen LogP contribution in [0.1, 0.15) is 21.3 Å². The third-order valence-corrected chi connectivity index (χ3v) is 3.46. The highest BCUT2D eigenvalue weighted by molar-refractivity contribution is 5.89. The van der Waals surface area contributed by atoms with Crippen LogP contribution >= 0.6 is 0 Å². The van der Waals surface area contributed by atoms with Crippen molar-refractivity contribution in [3.63, 3.8) is 0 Å². The SMILES string of the molecule is C.C=C(C)C(=O)Oc1ccc(-c2ccc(OC(=O)C(=C)C)cc2OC)cc1. The molecule has 0 amide bonds. The Bertz CT molecular complexity index is 863. The number of hydrogen-bond acceptors (Lipinski definition) is 5. The number of hydrogen-bond donors (Lipinski definition) is 0. The summed E-state index contributed by atoms with van der Waals surface area (Å²) in [4.78, 5) is 23.2. The molecule has 0 fully saturated rings. The molecule has 0 radical (unpaired) electrons. The van der Waals surface area contributed by atoms with Gasteiger partial charge in [-0.1, -0.05) is 32.7 Å². The molecule has 0 unspecified atom stereocenters. The number of methoxy groups -OCH3 is 1. The summed E-state index contributed by atoms with van der Waals surface area (Å²) in [7, 11) is 1.53. The second-order valence-electron chi connectivity index (χ2n) is 5.73. The zero-order valence-electron chi connectivity index (χ0n) is 15.0. The molecule has 0 aromatic heterocycles. The van der Waals surface area contributed by atoms with Crippen LogP contribution in [-0.4, -0.2) is 19.0 Å². The summed E-state index contributed by atoms with van der Waals surface area (Å²) >= 11 is 0. The Labute approximate surface area is 159 Å². The number of carbonyl (C=O) groups is 2. The first-order valence-corrected chi connectivity index (χ1v) is 7.85. The summed E-state index contributed by atoms with van der Waals surface area (Å²) in [6.45, 7) is 10.3. The van der Waals surface area contributed by atoms with Gasteiger partial charge in [-0.05, 0) is 43.7 Å². The van der Waals surface area contributed by atoms with Gasteiger partial charge >= 0.3 is 11.9 Å². The lowest BCUT2D eigenvalue weighted by Gasteiger charge is -2.12. The smallest absolute Gasteiger partial charge is 0.338 e. The molecule has 0 atom stereocenters. The first-order chi connectivity index (χ1) is 12.3. The van der Waals surface area contributed by atoms with E-state index in [-0.39, 0.29) is 7.43 Å². The second-order valence-corrected chi connectivity index (χ2v) is 5.73. The molecule has 2 aromatic rings. The lowest BCUT2D eigenvalue weighted by Crippen LogP contribution is -2.08. The van der Waals surface area contributed by atoms with Gasteiger partial charge in [0.25, 0.3) is 0 Å². The monoisotopic (exact) mass is 368 g/mol. The van der Waals surface area contributed by atoms with Crippen LogP contribution in [0.25, 0.3) is 11.1 Å². The van der Waals surface area contributed by atoms with Crippen molar-refractivity contribution in [1.82, 2.24) is 0 Å². The minimum Gasteiger partial charge on any atom is -0.496 e. The third kappa shape index (κ3) is 5.57. The first kappa shape index (κ1) is 21.7. The number of carbonyl (C=O) groups excluding carboxylic acids is 2. The fourth-order valence-corrected chi connectivity index (χ4v) is 2.06. The topological polar surface area (TPSA) is 61.8 Å². The van der Waals surface area contributed by atoms with Crippen LogP contribution in [0.4, 0.5) is 0 Å². The Morgan fingerprint density at radius 1 is 0.815 bits per heavy atom. The van der Waals surface area contributed by atoms with Gasteiger partial charge < -0.3 is 14.2 Å². The van der Waals surface area contributed by atoms with Gasteiger partial charge in [0.05, 0.1) is 7.11 Å². The van der Waals surface area contributed by atoms with Crippen LogP contribution in [-0.2, 0) is 9.59 Å². The fraction of sp³-hybridized carbons (Fsp3) is 0.182. The van der Waals surface area contributed by atoms with Crippen LogP contribution < -0.4 is 14.2 Å². The highest BCUT2D eigenvalue weighted by atomic mass is 16.5. The molecule has 0 saturated heterocycles. The van der Waals surface area contributed by atoms with Crippen LogP contribution in [0.5, 0.6) is 17.2 Å². The van der Waals surface area contributed by atoms with E-state index >= 15 is 0 Å². The van der Waals surface area contributed by atoms with Gasteiger partial charge in [0.2, 0.25) is 0 Å². The van der Waals surface area contributed by atoms with E-state index < -0.39 is 11.9 Å². The molecule has 0 spiro atoms. The Hall–Kier alpha value is -3.34. The Balaban J connectivity index is 0.00000364. The number of benzene rings is 2. The van der Waals surface area contributed by atoms with Gasteiger partial charge in [0, 0.05) is 22.8 Å². The Morgan fingerprint density at radius 3 is 1.78 bits per heavy atom. The number of rotatable bonds is 6. The summed E-state index contributed by atoms with van der Waals surface area (Å²) in [5.74, 6) is 0.365. The molecule has 0 N–H and O–H groups in total. The minimum atomic E-state index is -0.497. The van der Waals surface area contributed by atoms with Crippen LogP contribution in [0, 0.1) is 0 Å². The normalized spacial score (nSPS) is 9.59. The molecule has 2 aromatic carbocycles. The van der Waals surface area contributed by atoms with E-state index in [9.17, 15) is 9.59 Å². The maximum atomic E-state index is 11.6. The summed E-state index contributed by atoms with van der Waals surface area (Å²) in [5, 5.41) is 0. The maximum absolute atomic E-state index is 11.6. The minimum absolute atomic E-state index is 0. The lowest BCUT2D eigenvalue weighted by atomic mass is 10.0. The molecule has 0 heterocycles. The van der Waals surface area contributed by atoms with Gasteiger partial charge in [-0.3, -0.25) is 0 Å². The molecule has 0 saturated carbocycles. The largest absolute Gasteiger partial charge is 0.496 e. The predicted octanol–water partition coefficient (Wildman–Crippen LogP) is 4.96. The van der Waals surface area contributed by atoms with Gasteiger partial charge in [0.15, 0.2) is 0 Å².